The van der Waals surface area contributed by atoms with Crippen LogP contribution in [0.4, 0.5) is 0 Å². The molecule has 3 rings (SSSR count). The molecule has 1 aromatic carbocycles. The van der Waals surface area contributed by atoms with Gasteiger partial charge in [0.15, 0.2) is 4.96 Å². The fourth-order valence-electron chi connectivity index (χ4n) is 2.13. The molecule has 0 saturated carbocycles. The van der Waals surface area contributed by atoms with Gasteiger partial charge in [0.25, 0.3) is 0 Å². The van der Waals surface area contributed by atoms with Gasteiger partial charge in [-0.1, -0.05) is 43.8 Å². The molecule has 0 unspecified atom stereocenters. The molecular formula is C16H19N3S2. The predicted octanol–water partition coefficient (Wildman–Crippen LogP) is 4.35. The van der Waals surface area contributed by atoms with Gasteiger partial charge in [0.2, 0.25) is 0 Å². The van der Waals surface area contributed by atoms with Gasteiger partial charge in [-0.05, 0) is 18.6 Å². The van der Waals surface area contributed by atoms with E-state index in [4.69, 9.17) is 4.98 Å². The molecule has 0 spiro atoms. The molecule has 2 heterocycles. The first-order valence-electron chi connectivity index (χ1n) is 7.06. The van der Waals surface area contributed by atoms with E-state index in [9.17, 15) is 0 Å². The lowest BCUT2D eigenvalue weighted by Gasteiger charge is -2.09. The third kappa shape index (κ3) is 3.15. The Kier molecular flexibility index (Phi) is 4.33. The second kappa shape index (κ2) is 6.22. The number of hydrogen-bond acceptors (Lipinski definition) is 4. The van der Waals surface area contributed by atoms with E-state index in [1.54, 1.807) is 23.1 Å². The summed E-state index contributed by atoms with van der Waals surface area (Å²) in [6.07, 6.45) is 2.10. The van der Waals surface area contributed by atoms with Crippen molar-refractivity contribution in [1.82, 2.24) is 14.7 Å². The molecule has 0 aliphatic carbocycles. The van der Waals surface area contributed by atoms with Crippen molar-refractivity contribution in [2.45, 2.75) is 43.3 Å². The third-order valence-corrected chi connectivity index (χ3v) is 5.26. The molecule has 0 aliphatic rings. The molecule has 110 valence electrons. The van der Waals surface area contributed by atoms with Crippen LogP contribution in [0.2, 0.25) is 0 Å². The Bertz CT molecular complexity index is 743. The number of thiazole rings is 1. The van der Waals surface area contributed by atoms with E-state index in [1.165, 1.54) is 16.2 Å². The Labute approximate surface area is 133 Å². The van der Waals surface area contributed by atoms with E-state index < -0.39 is 0 Å². The van der Waals surface area contributed by atoms with Crippen LogP contribution in [0.25, 0.3) is 4.96 Å². The van der Waals surface area contributed by atoms with Crippen molar-refractivity contribution in [2.75, 3.05) is 0 Å². The number of benzene rings is 1. The van der Waals surface area contributed by atoms with Crippen LogP contribution in [-0.4, -0.2) is 15.4 Å². The van der Waals surface area contributed by atoms with Crippen molar-refractivity contribution in [2.24, 2.45) is 0 Å². The number of imidazole rings is 1. The van der Waals surface area contributed by atoms with Crippen molar-refractivity contribution in [3.8, 4) is 0 Å². The minimum absolute atomic E-state index is 0.463. The van der Waals surface area contributed by atoms with E-state index >= 15 is 0 Å². The van der Waals surface area contributed by atoms with Crippen LogP contribution < -0.4 is 5.32 Å². The number of rotatable bonds is 5. The lowest BCUT2D eigenvalue weighted by atomic mass is 10.2. The van der Waals surface area contributed by atoms with E-state index in [-0.39, 0.29) is 0 Å². The first kappa shape index (κ1) is 14.6. The van der Waals surface area contributed by atoms with E-state index in [1.807, 2.05) is 0 Å². The zero-order valence-corrected chi connectivity index (χ0v) is 14.1. The molecule has 21 heavy (non-hydrogen) atoms. The summed E-state index contributed by atoms with van der Waals surface area (Å²) in [6, 6.07) is 8.93. The van der Waals surface area contributed by atoms with Crippen LogP contribution >= 0.6 is 23.1 Å². The summed E-state index contributed by atoms with van der Waals surface area (Å²) >= 11 is 3.44. The average Bonchev–Trinajstić information content (AvgIpc) is 3.00. The van der Waals surface area contributed by atoms with E-state index in [2.05, 4.69) is 66.3 Å². The highest BCUT2D eigenvalue weighted by Gasteiger charge is 2.15. The summed E-state index contributed by atoms with van der Waals surface area (Å²) in [5.41, 5.74) is 2.54. The normalized spacial score (nSPS) is 11.6. The molecule has 3 nitrogen and oxygen atoms in total. The van der Waals surface area contributed by atoms with Gasteiger partial charge in [-0.25, -0.2) is 4.98 Å². The highest BCUT2D eigenvalue weighted by molar-refractivity contribution is 7.99. The largest absolute Gasteiger partial charge is 0.309 e. The number of fused-ring (bicyclic) bond motifs is 1. The Morgan fingerprint density at radius 3 is 2.90 bits per heavy atom. The molecule has 0 saturated heterocycles. The third-order valence-electron chi connectivity index (χ3n) is 3.30. The minimum Gasteiger partial charge on any atom is -0.309 e. The van der Waals surface area contributed by atoms with E-state index in [0.29, 0.717) is 6.04 Å². The smallest absolute Gasteiger partial charge is 0.194 e. The van der Waals surface area contributed by atoms with Crippen LogP contribution in [0.5, 0.6) is 0 Å². The molecule has 0 radical (unpaired) electrons. The first-order valence-corrected chi connectivity index (χ1v) is 8.76. The minimum atomic E-state index is 0.463. The van der Waals surface area contributed by atoms with Gasteiger partial charge >= 0.3 is 0 Å². The summed E-state index contributed by atoms with van der Waals surface area (Å²) in [5, 5.41) is 6.69. The summed E-state index contributed by atoms with van der Waals surface area (Å²) in [5.74, 6) is 0. The van der Waals surface area contributed by atoms with Gasteiger partial charge in [-0.15, -0.1) is 11.3 Å². The Morgan fingerprint density at radius 1 is 1.33 bits per heavy atom. The van der Waals surface area contributed by atoms with Gasteiger partial charge < -0.3 is 5.32 Å². The second-order valence-electron chi connectivity index (χ2n) is 5.32. The SMILES string of the molecule is Cc1ccccc1Sc1nc2sccn2c1CNC(C)C. The number of nitrogens with zero attached hydrogens (tertiary/aromatic N) is 2. The topological polar surface area (TPSA) is 29.3 Å². The molecular weight excluding hydrogens is 298 g/mol. The molecule has 0 atom stereocenters. The van der Waals surface area contributed by atoms with Crippen molar-refractivity contribution in [1.29, 1.82) is 0 Å². The second-order valence-corrected chi connectivity index (χ2v) is 7.23. The van der Waals surface area contributed by atoms with Crippen molar-refractivity contribution in [3.05, 3.63) is 47.1 Å². The van der Waals surface area contributed by atoms with Gasteiger partial charge in [-0.3, -0.25) is 4.40 Å². The summed E-state index contributed by atoms with van der Waals surface area (Å²) in [6.45, 7) is 7.32. The van der Waals surface area contributed by atoms with Crippen LogP contribution in [0.3, 0.4) is 0 Å². The number of aryl methyl sites for hydroxylation is 1. The monoisotopic (exact) mass is 317 g/mol. The summed E-state index contributed by atoms with van der Waals surface area (Å²) in [7, 11) is 0. The number of hydrogen-bond donors (Lipinski definition) is 1. The lowest BCUT2D eigenvalue weighted by Crippen LogP contribution is -2.22. The fraction of sp³-hybridized carbons (Fsp3) is 0.312. The van der Waals surface area contributed by atoms with Crippen molar-refractivity contribution >= 4 is 28.1 Å². The molecule has 0 amide bonds. The summed E-state index contributed by atoms with van der Waals surface area (Å²) < 4.78 is 2.20. The fourth-order valence-corrected chi connectivity index (χ4v) is 3.93. The van der Waals surface area contributed by atoms with Gasteiger partial charge in [-0.2, -0.15) is 0 Å². The molecule has 5 heteroatoms. The van der Waals surface area contributed by atoms with Crippen LogP contribution in [0.1, 0.15) is 25.1 Å². The maximum Gasteiger partial charge on any atom is 0.194 e. The Balaban J connectivity index is 1.95. The molecule has 1 N–H and O–H groups in total. The maximum atomic E-state index is 4.79. The standard InChI is InChI=1S/C16H19N3S2/c1-11(2)17-10-13-15(18-16-19(13)8-9-20-16)21-14-7-5-4-6-12(14)3/h4-9,11,17H,10H2,1-3H3. The zero-order valence-electron chi connectivity index (χ0n) is 12.5. The highest BCUT2D eigenvalue weighted by Crippen LogP contribution is 2.33. The van der Waals surface area contributed by atoms with Crippen LogP contribution in [0, 0.1) is 6.92 Å². The Morgan fingerprint density at radius 2 is 2.14 bits per heavy atom. The summed E-state index contributed by atoms with van der Waals surface area (Å²) in [4.78, 5) is 7.13. The average molecular weight is 317 g/mol. The van der Waals surface area contributed by atoms with Gasteiger partial charge in [0, 0.05) is 29.1 Å². The highest BCUT2D eigenvalue weighted by atomic mass is 32.2. The maximum absolute atomic E-state index is 4.79. The molecule has 0 fully saturated rings. The van der Waals surface area contributed by atoms with Crippen molar-refractivity contribution in [3.63, 3.8) is 0 Å². The molecule has 3 aromatic rings. The zero-order chi connectivity index (χ0) is 14.8. The molecule has 2 aromatic heterocycles. The quantitative estimate of drug-likeness (QED) is 0.758. The molecule has 0 bridgehead atoms. The van der Waals surface area contributed by atoms with Crippen LogP contribution in [0.15, 0.2) is 45.8 Å². The van der Waals surface area contributed by atoms with Crippen LogP contribution in [-0.2, 0) is 6.54 Å². The predicted molar refractivity (Wildman–Crippen MR) is 90.3 cm³/mol. The lowest BCUT2D eigenvalue weighted by molar-refractivity contribution is 0.574. The van der Waals surface area contributed by atoms with Gasteiger partial charge in [0.05, 0.1) is 5.69 Å². The van der Waals surface area contributed by atoms with E-state index in [0.717, 1.165) is 16.5 Å². The number of nitrogens with one attached hydrogen (secondary N) is 1. The van der Waals surface area contributed by atoms with Gasteiger partial charge in [0.1, 0.15) is 5.03 Å². The number of aromatic nitrogens is 2. The Hall–Kier alpha value is -1.30. The first-order chi connectivity index (χ1) is 10.1. The van der Waals surface area contributed by atoms with Crippen molar-refractivity contribution < 1.29 is 0 Å². The molecule has 0 aliphatic heterocycles.